The summed E-state index contributed by atoms with van der Waals surface area (Å²) >= 11 is 40.0. The third-order valence-corrected chi connectivity index (χ3v) is 8.78. The molecule has 0 aromatic heterocycles. The summed E-state index contributed by atoms with van der Waals surface area (Å²) in [6.45, 7) is 7.99. The van der Waals surface area contributed by atoms with Crippen molar-refractivity contribution in [3.05, 3.63) is 55.5 Å². The SMILES string of the molecule is CCC(Br)(Br)Oc1c(Cl)cc(C(C)(C)c2cc(Cl)c(OC(Br)(Br)CC)c(Cl)c2)cc1Cl. The highest BCUT2D eigenvalue weighted by Crippen LogP contribution is 2.47. The quantitative estimate of drug-likeness (QED) is 0.249. The molecule has 0 saturated carbocycles. The van der Waals surface area contributed by atoms with Gasteiger partial charge in [-0.15, -0.1) is 0 Å². The topological polar surface area (TPSA) is 18.5 Å². The largest absolute Gasteiger partial charge is 0.463 e. The number of hydrogen-bond donors (Lipinski definition) is 0. The van der Waals surface area contributed by atoms with E-state index >= 15 is 0 Å². The third-order valence-electron chi connectivity index (χ3n) is 4.77. The number of hydrogen-bond acceptors (Lipinski definition) is 2. The van der Waals surface area contributed by atoms with E-state index in [0.29, 0.717) is 44.4 Å². The molecule has 0 heterocycles. The second-order valence-electron chi connectivity index (χ2n) is 7.35. The van der Waals surface area contributed by atoms with E-state index in [1.54, 1.807) is 0 Å². The van der Waals surface area contributed by atoms with E-state index in [2.05, 4.69) is 63.7 Å². The van der Waals surface area contributed by atoms with E-state index in [-0.39, 0.29) is 0 Å². The van der Waals surface area contributed by atoms with Crippen molar-refractivity contribution >= 4 is 110 Å². The fourth-order valence-electron chi connectivity index (χ4n) is 2.65. The molecule has 2 aromatic rings. The summed E-state index contributed by atoms with van der Waals surface area (Å²) in [5.74, 6) is 0.785. The van der Waals surface area contributed by atoms with Crippen LogP contribution in [0.2, 0.25) is 20.1 Å². The fourth-order valence-corrected chi connectivity index (χ4v) is 4.42. The van der Waals surface area contributed by atoms with Crippen molar-refractivity contribution in [2.45, 2.75) is 52.8 Å². The van der Waals surface area contributed by atoms with E-state index in [4.69, 9.17) is 55.9 Å². The Bertz CT molecular complexity index is 843. The van der Waals surface area contributed by atoms with Gasteiger partial charge in [0.25, 0.3) is 0 Å². The summed E-state index contributed by atoms with van der Waals surface area (Å²) in [7, 11) is 0. The smallest absolute Gasteiger partial charge is 0.217 e. The predicted octanol–water partition coefficient (Wildman–Crippen LogP) is 11.1. The maximum atomic E-state index is 6.53. The van der Waals surface area contributed by atoms with Gasteiger partial charge in [-0.05, 0) is 99.1 Å². The summed E-state index contributed by atoms with van der Waals surface area (Å²) < 4.78 is 10.3. The van der Waals surface area contributed by atoms with E-state index in [1.165, 1.54) is 0 Å². The molecule has 0 radical (unpaired) electrons. The molecular formula is C21H20Br4Cl4O2. The first-order valence-corrected chi connectivity index (χ1v) is 13.9. The normalized spacial score (nSPS) is 12.8. The number of halogens is 8. The molecule has 10 heteroatoms. The maximum absolute atomic E-state index is 6.53. The van der Waals surface area contributed by atoms with Crippen molar-refractivity contribution in [2.75, 3.05) is 0 Å². The molecule has 31 heavy (non-hydrogen) atoms. The zero-order valence-electron chi connectivity index (χ0n) is 17.1. The lowest BCUT2D eigenvalue weighted by Gasteiger charge is -2.29. The highest BCUT2D eigenvalue weighted by atomic mass is 79.9. The van der Waals surface area contributed by atoms with Gasteiger partial charge in [0.1, 0.15) is 0 Å². The van der Waals surface area contributed by atoms with Crippen LogP contribution in [-0.2, 0) is 5.41 Å². The Morgan fingerprint density at radius 2 is 0.903 bits per heavy atom. The van der Waals surface area contributed by atoms with Crippen molar-refractivity contribution in [1.82, 2.24) is 0 Å². The number of benzene rings is 2. The van der Waals surface area contributed by atoms with Gasteiger partial charge in [0, 0.05) is 18.3 Å². The molecule has 0 aliphatic heterocycles. The lowest BCUT2D eigenvalue weighted by Crippen LogP contribution is -2.22. The molecule has 0 bridgehead atoms. The van der Waals surface area contributed by atoms with Gasteiger partial charge >= 0.3 is 0 Å². The average molecular weight is 766 g/mol. The summed E-state index contributed by atoms with van der Waals surface area (Å²) in [4.78, 5) is 0. The first kappa shape index (κ1) is 28.4. The van der Waals surface area contributed by atoms with Crippen LogP contribution in [0.4, 0.5) is 0 Å². The highest BCUT2D eigenvalue weighted by molar-refractivity contribution is 9.25. The fraction of sp³-hybridized carbons (Fsp3) is 0.429. The van der Waals surface area contributed by atoms with Gasteiger partial charge in [-0.1, -0.05) is 74.1 Å². The Morgan fingerprint density at radius 1 is 0.645 bits per heavy atom. The van der Waals surface area contributed by atoms with Crippen LogP contribution in [0, 0.1) is 0 Å². The Kier molecular flexibility index (Phi) is 9.88. The first-order chi connectivity index (χ1) is 14.1. The van der Waals surface area contributed by atoms with Crippen molar-refractivity contribution < 1.29 is 9.47 Å². The van der Waals surface area contributed by atoms with Crippen molar-refractivity contribution in [1.29, 1.82) is 0 Å². The van der Waals surface area contributed by atoms with Gasteiger partial charge in [0.15, 0.2) is 11.5 Å². The molecule has 0 aliphatic rings. The summed E-state index contributed by atoms with van der Waals surface area (Å²) in [6.07, 6.45) is 1.31. The summed E-state index contributed by atoms with van der Waals surface area (Å²) in [5.41, 5.74) is 1.25. The Balaban J connectivity index is 2.48. The standard InChI is InChI=1S/C21H20Br4Cl4O2/c1-5-20(22,23)30-17-13(26)7-11(8-14(17)27)19(3,4)12-9-15(28)18(16(29)10-12)31-21(24,25)6-2/h7-10H,5-6H2,1-4H3. The Hall–Kier alpha value is 1.12. The number of alkyl halides is 4. The van der Waals surface area contributed by atoms with Crippen molar-refractivity contribution in [2.24, 2.45) is 0 Å². The van der Waals surface area contributed by atoms with Crippen molar-refractivity contribution in [3.63, 3.8) is 0 Å². The average Bonchev–Trinajstić information content (AvgIpc) is 2.67. The molecule has 2 nitrogen and oxygen atoms in total. The Labute approximate surface area is 237 Å². The predicted molar refractivity (Wildman–Crippen MR) is 148 cm³/mol. The molecule has 0 fully saturated rings. The molecule has 0 spiro atoms. The second kappa shape index (κ2) is 10.8. The Morgan fingerprint density at radius 3 is 1.13 bits per heavy atom. The van der Waals surface area contributed by atoms with E-state index in [1.807, 2.05) is 52.0 Å². The third kappa shape index (κ3) is 7.06. The van der Waals surface area contributed by atoms with Crippen LogP contribution in [0.15, 0.2) is 24.3 Å². The number of ether oxygens (including phenoxy) is 2. The van der Waals surface area contributed by atoms with E-state index < -0.39 is 12.3 Å². The molecule has 2 rings (SSSR count). The van der Waals surface area contributed by atoms with Crippen LogP contribution in [0.3, 0.4) is 0 Å². The molecule has 0 aliphatic carbocycles. The van der Waals surface area contributed by atoms with Crippen molar-refractivity contribution in [3.8, 4) is 11.5 Å². The van der Waals surface area contributed by atoms with Gasteiger partial charge in [-0.2, -0.15) is 0 Å². The monoisotopic (exact) mass is 760 g/mol. The summed E-state index contributed by atoms with van der Waals surface area (Å²) in [5, 5.41) is 1.60. The van der Waals surface area contributed by atoms with E-state index in [9.17, 15) is 0 Å². The molecule has 172 valence electrons. The molecule has 0 atom stereocenters. The molecule has 0 unspecified atom stereocenters. The molecule has 0 N–H and O–H groups in total. The molecule has 2 aromatic carbocycles. The number of rotatable bonds is 8. The van der Waals surface area contributed by atoms with Crippen LogP contribution >= 0.6 is 110 Å². The van der Waals surface area contributed by atoms with Crippen LogP contribution in [0.25, 0.3) is 0 Å². The van der Waals surface area contributed by atoms with Gasteiger partial charge < -0.3 is 9.47 Å². The van der Waals surface area contributed by atoms with Gasteiger partial charge in [-0.25, -0.2) is 0 Å². The minimum Gasteiger partial charge on any atom is -0.463 e. The van der Waals surface area contributed by atoms with Gasteiger partial charge in [0.05, 0.1) is 20.1 Å². The molecule has 0 amide bonds. The van der Waals surface area contributed by atoms with Gasteiger partial charge in [0.2, 0.25) is 6.84 Å². The minimum atomic E-state index is -0.750. The second-order valence-corrected chi connectivity index (χ2v) is 16.2. The molecular weight excluding hydrogens is 746 g/mol. The lowest BCUT2D eigenvalue weighted by molar-refractivity contribution is 0.266. The zero-order valence-corrected chi connectivity index (χ0v) is 26.4. The van der Waals surface area contributed by atoms with Crippen LogP contribution in [0.5, 0.6) is 11.5 Å². The minimum absolute atomic E-state index is 0.392. The van der Waals surface area contributed by atoms with Gasteiger partial charge in [-0.3, -0.25) is 0 Å². The van der Waals surface area contributed by atoms with E-state index in [0.717, 1.165) is 11.1 Å². The molecule has 0 saturated heterocycles. The summed E-state index contributed by atoms with van der Waals surface area (Å²) in [6, 6.07) is 7.33. The van der Waals surface area contributed by atoms with Crippen LogP contribution in [-0.4, -0.2) is 6.84 Å². The highest BCUT2D eigenvalue weighted by Gasteiger charge is 2.31. The zero-order chi connectivity index (χ0) is 23.8. The van der Waals surface area contributed by atoms with Crippen LogP contribution in [0.1, 0.15) is 51.7 Å². The van der Waals surface area contributed by atoms with Crippen LogP contribution < -0.4 is 9.47 Å². The maximum Gasteiger partial charge on any atom is 0.217 e. The lowest BCUT2D eigenvalue weighted by atomic mass is 9.78. The first-order valence-electron chi connectivity index (χ1n) is 9.26.